The Morgan fingerprint density at radius 3 is 2.76 bits per heavy atom. The summed E-state index contributed by atoms with van der Waals surface area (Å²) in [6.07, 6.45) is 7.93. The molecule has 1 saturated heterocycles. The summed E-state index contributed by atoms with van der Waals surface area (Å²) < 4.78 is 7.30. The number of hydrogen-bond acceptors (Lipinski definition) is 7. The molecule has 9 heteroatoms. The summed E-state index contributed by atoms with van der Waals surface area (Å²) in [5.74, 6) is 2.43. The zero-order valence-corrected chi connectivity index (χ0v) is 20.2. The van der Waals surface area contributed by atoms with E-state index in [4.69, 9.17) is 14.7 Å². The number of carbonyl (C=O) groups excluding carboxylic acids is 1. The highest BCUT2D eigenvalue weighted by Gasteiger charge is 2.26. The average molecular weight is 462 g/mol. The van der Waals surface area contributed by atoms with Crippen LogP contribution in [0.3, 0.4) is 0 Å². The fraction of sp³-hybridized carbons (Fsp3) is 0.480. The highest BCUT2D eigenvalue weighted by atomic mass is 16.5. The van der Waals surface area contributed by atoms with Gasteiger partial charge < -0.3 is 9.72 Å². The van der Waals surface area contributed by atoms with Crippen LogP contribution in [0.25, 0.3) is 27.9 Å². The van der Waals surface area contributed by atoms with E-state index in [1.165, 1.54) is 6.33 Å². The van der Waals surface area contributed by atoms with Gasteiger partial charge in [0.2, 0.25) is 0 Å². The number of ketones is 1. The van der Waals surface area contributed by atoms with E-state index in [1.54, 1.807) is 11.6 Å². The number of methoxy groups -OCH3 is 1. The van der Waals surface area contributed by atoms with Crippen molar-refractivity contribution in [1.29, 1.82) is 0 Å². The smallest absolute Gasteiger partial charge is 0.197 e. The fourth-order valence-corrected chi connectivity index (χ4v) is 4.89. The monoisotopic (exact) mass is 461 g/mol. The van der Waals surface area contributed by atoms with Crippen LogP contribution < -0.4 is 4.74 Å². The number of pyridine rings is 1. The van der Waals surface area contributed by atoms with E-state index < -0.39 is 0 Å². The number of ether oxygens (including phenoxy) is 1. The van der Waals surface area contributed by atoms with E-state index in [2.05, 4.69) is 33.8 Å². The van der Waals surface area contributed by atoms with Gasteiger partial charge >= 0.3 is 0 Å². The summed E-state index contributed by atoms with van der Waals surface area (Å²) in [5.41, 5.74) is 5.70. The van der Waals surface area contributed by atoms with Crippen LogP contribution in [-0.2, 0) is 4.79 Å². The molecule has 1 fully saturated rings. The zero-order chi connectivity index (χ0) is 23.8. The first kappa shape index (κ1) is 22.5. The van der Waals surface area contributed by atoms with Crippen molar-refractivity contribution in [3.05, 3.63) is 36.2 Å². The number of H-pyrrole nitrogens is 1. The van der Waals surface area contributed by atoms with Gasteiger partial charge in [-0.1, -0.05) is 20.8 Å². The highest BCUT2D eigenvalue weighted by Crippen LogP contribution is 2.37. The van der Waals surface area contributed by atoms with Crippen LogP contribution in [0.15, 0.2) is 24.8 Å². The van der Waals surface area contributed by atoms with Crippen molar-refractivity contribution in [3.8, 4) is 17.0 Å². The van der Waals surface area contributed by atoms with Crippen LogP contribution >= 0.6 is 0 Å². The molecule has 0 amide bonds. The number of Topliss-reactive ketones (excluding diaryl/α,β-unsaturated/α-hetero) is 1. The molecular weight excluding hydrogens is 430 g/mol. The number of aromatic nitrogens is 6. The average Bonchev–Trinajstić information content (AvgIpc) is 3.48. The quantitative estimate of drug-likeness (QED) is 0.444. The van der Waals surface area contributed by atoms with Gasteiger partial charge in [0.25, 0.3) is 0 Å². The van der Waals surface area contributed by atoms with Gasteiger partial charge in [-0.3, -0.25) is 9.69 Å². The van der Waals surface area contributed by atoms with E-state index in [0.717, 1.165) is 59.6 Å². The van der Waals surface area contributed by atoms with Gasteiger partial charge in [-0.05, 0) is 37.9 Å². The topological polar surface area (TPSA) is 101 Å². The van der Waals surface area contributed by atoms with Crippen molar-refractivity contribution < 1.29 is 9.53 Å². The zero-order valence-electron chi connectivity index (χ0n) is 20.2. The van der Waals surface area contributed by atoms with Gasteiger partial charge in [-0.15, -0.1) is 0 Å². The van der Waals surface area contributed by atoms with E-state index >= 15 is 0 Å². The predicted octanol–water partition coefficient (Wildman–Crippen LogP) is 3.96. The standard InChI is InChI=1S/C25H31N7O2/c1-5-18(33)13-31-8-6-16(7-9-31)24-26-11-19-23(30-24)21(15(2)3)22(29-19)17-10-20(34-4)25-27-14-28-32(25)12-17/h10-12,14-16,29H,5-9,13H2,1-4H3. The van der Waals surface area contributed by atoms with Crippen molar-refractivity contribution in [3.63, 3.8) is 0 Å². The Morgan fingerprint density at radius 1 is 1.26 bits per heavy atom. The number of rotatable bonds is 7. The lowest BCUT2D eigenvalue weighted by Crippen LogP contribution is -2.36. The molecule has 1 aliphatic rings. The first-order valence-corrected chi connectivity index (χ1v) is 12.0. The molecule has 34 heavy (non-hydrogen) atoms. The second kappa shape index (κ2) is 9.13. The lowest BCUT2D eigenvalue weighted by Gasteiger charge is -2.30. The third-order valence-electron chi connectivity index (χ3n) is 6.77. The van der Waals surface area contributed by atoms with Crippen molar-refractivity contribution >= 4 is 22.5 Å². The lowest BCUT2D eigenvalue weighted by molar-refractivity contribution is -0.120. The lowest BCUT2D eigenvalue weighted by atomic mass is 9.95. The molecule has 0 spiro atoms. The third kappa shape index (κ3) is 4.04. The van der Waals surface area contributed by atoms with Crippen molar-refractivity contribution in [2.24, 2.45) is 0 Å². The van der Waals surface area contributed by atoms with Crippen molar-refractivity contribution in [1.82, 2.24) is 34.4 Å². The SMILES string of the molecule is CCC(=O)CN1CCC(c2ncc3[nH]c(-c4cc(OC)c5ncnn5c4)c(C(C)C)c3n2)CC1. The summed E-state index contributed by atoms with van der Waals surface area (Å²) in [5, 5.41) is 4.31. The molecule has 0 aromatic carbocycles. The number of likely N-dealkylation sites (tertiary alicyclic amines) is 1. The summed E-state index contributed by atoms with van der Waals surface area (Å²) in [6.45, 7) is 8.66. The molecular formula is C25H31N7O2. The summed E-state index contributed by atoms with van der Waals surface area (Å²) in [4.78, 5) is 31.7. The molecule has 5 rings (SSSR count). The van der Waals surface area contributed by atoms with Gasteiger partial charge in [-0.25, -0.2) is 19.5 Å². The molecule has 9 nitrogen and oxygen atoms in total. The number of fused-ring (bicyclic) bond motifs is 2. The molecule has 178 valence electrons. The van der Waals surface area contributed by atoms with Gasteiger partial charge in [0, 0.05) is 29.7 Å². The van der Waals surface area contributed by atoms with Crippen molar-refractivity contribution in [2.75, 3.05) is 26.7 Å². The maximum atomic E-state index is 11.8. The third-order valence-corrected chi connectivity index (χ3v) is 6.77. The van der Waals surface area contributed by atoms with E-state index in [-0.39, 0.29) is 5.92 Å². The normalized spacial score (nSPS) is 15.6. The van der Waals surface area contributed by atoms with E-state index in [9.17, 15) is 4.79 Å². The Kier molecular flexibility index (Phi) is 6.03. The molecule has 1 aliphatic heterocycles. The Morgan fingerprint density at radius 2 is 2.06 bits per heavy atom. The number of nitrogens with zero attached hydrogens (tertiary/aromatic N) is 6. The van der Waals surface area contributed by atoms with Crippen LogP contribution in [0.5, 0.6) is 5.75 Å². The van der Waals surface area contributed by atoms with Gasteiger partial charge in [0.05, 0.1) is 36.6 Å². The van der Waals surface area contributed by atoms with Crippen LogP contribution in [0.1, 0.15) is 63.3 Å². The maximum Gasteiger partial charge on any atom is 0.197 e. The molecule has 4 aromatic rings. The molecule has 0 radical (unpaired) electrons. The largest absolute Gasteiger partial charge is 0.493 e. The second-order valence-electron chi connectivity index (χ2n) is 9.33. The van der Waals surface area contributed by atoms with E-state index in [1.807, 2.05) is 25.4 Å². The number of hydrogen-bond donors (Lipinski definition) is 1. The maximum absolute atomic E-state index is 11.8. The highest BCUT2D eigenvalue weighted by molar-refractivity contribution is 5.88. The molecule has 1 N–H and O–H groups in total. The minimum Gasteiger partial charge on any atom is -0.493 e. The van der Waals surface area contributed by atoms with Crippen LogP contribution in [0.2, 0.25) is 0 Å². The first-order chi connectivity index (χ1) is 16.5. The molecule has 0 atom stereocenters. The second-order valence-corrected chi connectivity index (χ2v) is 9.33. The van der Waals surface area contributed by atoms with Gasteiger partial charge in [-0.2, -0.15) is 5.10 Å². The molecule has 0 unspecified atom stereocenters. The van der Waals surface area contributed by atoms with Crippen LogP contribution in [-0.4, -0.2) is 67.0 Å². The Bertz CT molecular complexity index is 1330. The molecule has 0 aliphatic carbocycles. The van der Waals surface area contributed by atoms with Crippen molar-refractivity contribution in [2.45, 2.75) is 51.9 Å². The minimum absolute atomic E-state index is 0.255. The molecule has 0 saturated carbocycles. The van der Waals surface area contributed by atoms with Crippen LogP contribution in [0.4, 0.5) is 0 Å². The molecule has 4 aromatic heterocycles. The summed E-state index contributed by atoms with van der Waals surface area (Å²) in [6, 6.07) is 1.99. The molecule has 5 heterocycles. The number of aromatic amines is 1. The fourth-order valence-electron chi connectivity index (χ4n) is 4.89. The van der Waals surface area contributed by atoms with Gasteiger partial charge in [0.15, 0.2) is 11.4 Å². The van der Waals surface area contributed by atoms with Crippen LogP contribution in [0, 0.1) is 0 Å². The minimum atomic E-state index is 0.255. The number of carbonyl (C=O) groups is 1. The Labute approximate surface area is 198 Å². The molecule has 0 bridgehead atoms. The summed E-state index contributed by atoms with van der Waals surface area (Å²) in [7, 11) is 1.64. The Balaban J connectivity index is 1.49. The predicted molar refractivity (Wildman–Crippen MR) is 130 cm³/mol. The van der Waals surface area contributed by atoms with Gasteiger partial charge in [0.1, 0.15) is 17.9 Å². The number of piperidine rings is 1. The Hall–Kier alpha value is -3.33. The first-order valence-electron chi connectivity index (χ1n) is 12.0. The van der Waals surface area contributed by atoms with E-state index in [0.29, 0.717) is 36.1 Å². The summed E-state index contributed by atoms with van der Waals surface area (Å²) >= 11 is 0. The number of nitrogens with one attached hydrogen (secondary N) is 1.